The van der Waals surface area contributed by atoms with E-state index in [-0.39, 0.29) is 17.9 Å². The van der Waals surface area contributed by atoms with Crippen LogP contribution in [0.4, 0.5) is 0 Å². The molecule has 27 heavy (non-hydrogen) atoms. The molecular formula is C20H25N5O2. The third-order valence-corrected chi connectivity index (χ3v) is 5.34. The van der Waals surface area contributed by atoms with Crippen LogP contribution in [0.1, 0.15) is 37.8 Å². The minimum absolute atomic E-state index is 0.0879. The Hall–Kier alpha value is -2.83. The number of carbonyl (C=O) groups is 1. The summed E-state index contributed by atoms with van der Waals surface area (Å²) in [6.07, 6.45) is 7.91. The van der Waals surface area contributed by atoms with Crippen molar-refractivity contribution < 1.29 is 9.53 Å². The third-order valence-electron chi connectivity index (χ3n) is 5.34. The number of amides is 1. The first-order valence-corrected chi connectivity index (χ1v) is 9.39. The van der Waals surface area contributed by atoms with Gasteiger partial charge in [0.05, 0.1) is 11.8 Å². The fourth-order valence-corrected chi connectivity index (χ4v) is 3.63. The number of imidazole rings is 1. The predicted octanol–water partition coefficient (Wildman–Crippen LogP) is 2.27. The van der Waals surface area contributed by atoms with Crippen LogP contribution >= 0.6 is 0 Å². The van der Waals surface area contributed by atoms with Gasteiger partial charge in [-0.1, -0.05) is 0 Å². The molecule has 2 fully saturated rings. The van der Waals surface area contributed by atoms with Gasteiger partial charge in [0, 0.05) is 50.0 Å². The standard InChI is InChI=1S/C20H25N5O2/c1-12(14-7-19(26)23-10-14)27-18-6-13(15(8-21)9-22-2)5-17-20(18)25(11-24-17)16-3-4-16/h5-6,8-9,11-12,14,16H,3-4,7,10,21H2,1-2H3,(H,23,26)/t12-,14-/m1/s1. The fourth-order valence-electron chi connectivity index (χ4n) is 3.63. The Kier molecular flexibility index (Phi) is 4.59. The van der Waals surface area contributed by atoms with Gasteiger partial charge in [-0.3, -0.25) is 9.79 Å². The van der Waals surface area contributed by atoms with Crippen molar-refractivity contribution in [3.8, 4) is 5.75 Å². The van der Waals surface area contributed by atoms with Crippen molar-refractivity contribution >= 4 is 28.7 Å². The molecule has 1 saturated carbocycles. The van der Waals surface area contributed by atoms with Crippen molar-refractivity contribution in [1.29, 1.82) is 0 Å². The van der Waals surface area contributed by atoms with E-state index in [0.717, 1.165) is 27.9 Å². The summed E-state index contributed by atoms with van der Waals surface area (Å²) in [4.78, 5) is 20.3. The molecule has 0 unspecified atom stereocenters. The normalized spacial score (nSPS) is 21.8. The summed E-state index contributed by atoms with van der Waals surface area (Å²) in [6.45, 7) is 2.68. The van der Waals surface area contributed by atoms with E-state index < -0.39 is 0 Å². The van der Waals surface area contributed by atoms with Crippen LogP contribution in [0.2, 0.25) is 0 Å². The number of rotatable bonds is 6. The molecule has 2 atom stereocenters. The minimum Gasteiger partial charge on any atom is -0.488 e. The van der Waals surface area contributed by atoms with Crippen molar-refractivity contribution in [3.63, 3.8) is 0 Å². The Bertz CT molecular complexity index is 926. The highest BCUT2D eigenvalue weighted by atomic mass is 16.5. The quantitative estimate of drug-likeness (QED) is 0.766. The minimum atomic E-state index is -0.0879. The lowest BCUT2D eigenvalue weighted by atomic mass is 10.0. The second-order valence-electron chi connectivity index (χ2n) is 7.33. The molecule has 2 aromatic rings. The third kappa shape index (κ3) is 3.41. The highest BCUT2D eigenvalue weighted by Crippen LogP contribution is 2.41. The molecule has 1 aromatic carbocycles. The number of ether oxygens (including phenoxy) is 1. The van der Waals surface area contributed by atoms with Gasteiger partial charge in [-0.15, -0.1) is 0 Å². The highest BCUT2D eigenvalue weighted by Gasteiger charge is 2.30. The largest absolute Gasteiger partial charge is 0.488 e. The van der Waals surface area contributed by atoms with Crippen LogP contribution in [0.5, 0.6) is 5.75 Å². The average molecular weight is 367 g/mol. The molecule has 1 aromatic heterocycles. The van der Waals surface area contributed by atoms with Gasteiger partial charge in [0.2, 0.25) is 5.91 Å². The zero-order valence-electron chi connectivity index (χ0n) is 15.7. The zero-order valence-corrected chi connectivity index (χ0v) is 15.7. The number of nitrogens with zero attached hydrogens (tertiary/aromatic N) is 3. The Labute approximate surface area is 158 Å². The molecule has 0 radical (unpaired) electrons. The molecule has 7 nitrogen and oxygen atoms in total. The Balaban J connectivity index is 1.75. The van der Waals surface area contributed by atoms with Crippen LogP contribution in [-0.4, -0.2) is 41.4 Å². The first kappa shape index (κ1) is 17.6. The molecular weight excluding hydrogens is 342 g/mol. The van der Waals surface area contributed by atoms with E-state index in [9.17, 15) is 4.79 Å². The van der Waals surface area contributed by atoms with Gasteiger partial charge < -0.3 is 20.4 Å². The lowest BCUT2D eigenvalue weighted by molar-refractivity contribution is -0.119. The van der Waals surface area contributed by atoms with Crippen LogP contribution in [0.3, 0.4) is 0 Å². The summed E-state index contributed by atoms with van der Waals surface area (Å²) < 4.78 is 8.59. The summed E-state index contributed by atoms with van der Waals surface area (Å²) in [5, 5.41) is 2.88. The summed E-state index contributed by atoms with van der Waals surface area (Å²) in [5.74, 6) is 1.03. The van der Waals surface area contributed by atoms with Crippen LogP contribution in [0, 0.1) is 5.92 Å². The molecule has 1 saturated heterocycles. The Morgan fingerprint density at radius 2 is 2.30 bits per heavy atom. The number of aromatic nitrogens is 2. The maximum Gasteiger partial charge on any atom is 0.220 e. The number of hydrogen-bond acceptors (Lipinski definition) is 5. The molecule has 0 bridgehead atoms. The van der Waals surface area contributed by atoms with E-state index >= 15 is 0 Å². The van der Waals surface area contributed by atoms with Crippen LogP contribution in [-0.2, 0) is 4.79 Å². The van der Waals surface area contributed by atoms with E-state index in [2.05, 4.69) is 19.9 Å². The zero-order chi connectivity index (χ0) is 19.0. The number of nitrogens with two attached hydrogens (primary N) is 1. The van der Waals surface area contributed by atoms with Crippen LogP contribution in [0.15, 0.2) is 29.7 Å². The van der Waals surface area contributed by atoms with E-state index in [1.807, 2.05) is 25.4 Å². The lowest BCUT2D eigenvalue weighted by Gasteiger charge is -2.21. The second kappa shape index (κ2) is 7.06. The number of nitrogens with one attached hydrogen (secondary N) is 1. The molecule has 0 spiro atoms. The number of fused-ring (bicyclic) bond motifs is 1. The van der Waals surface area contributed by atoms with Gasteiger partial charge in [0.1, 0.15) is 17.4 Å². The molecule has 2 aliphatic rings. The van der Waals surface area contributed by atoms with Gasteiger partial charge >= 0.3 is 0 Å². The summed E-state index contributed by atoms with van der Waals surface area (Å²) in [5.41, 5.74) is 9.42. The number of aliphatic imine (C=N–C) groups is 1. The number of carbonyl (C=O) groups excluding carboxylic acids is 1. The van der Waals surface area contributed by atoms with Gasteiger partial charge in [-0.05, 0) is 37.5 Å². The summed E-state index contributed by atoms with van der Waals surface area (Å²) in [7, 11) is 1.72. The molecule has 1 amide bonds. The average Bonchev–Trinajstić information content (AvgIpc) is 3.26. The molecule has 3 N–H and O–H groups in total. The molecule has 1 aliphatic heterocycles. The topological polar surface area (TPSA) is 94.5 Å². The number of benzene rings is 1. The molecule has 2 heterocycles. The Morgan fingerprint density at radius 1 is 1.48 bits per heavy atom. The fraction of sp³-hybridized carbons (Fsp3) is 0.450. The van der Waals surface area contributed by atoms with Gasteiger partial charge in [0.15, 0.2) is 0 Å². The van der Waals surface area contributed by atoms with Gasteiger partial charge in [0.25, 0.3) is 0 Å². The van der Waals surface area contributed by atoms with E-state index in [1.165, 1.54) is 12.8 Å². The van der Waals surface area contributed by atoms with Crippen molar-refractivity contribution in [1.82, 2.24) is 14.9 Å². The van der Waals surface area contributed by atoms with Crippen LogP contribution in [0.25, 0.3) is 16.6 Å². The number of hydrogen-bond donors (Lipinski definition) is 2. The van der Waals surface area contributed by atoms with Crippen LogP contribution < -0.4 is 15.8 Å². The monoisotopic (exact) mass is 367 g/mol. The van der Waals surface area contributed by atoms with E-state index in [0.29, 0.717) is 19.0 Å². The molecule has 7 heteroatoms. The molecule has 142 valence electrons. The van der Waals surface area contributed by atoms with Gasteiger partial charge in [-0.2, -0.15) is 0 Å². The van der Waals surface area contributed by atoms with E-state index in [4.69, 9.17) is 10.5 Å². The maximum atomic E-state index is 11.6. The maximum absolute atomic E-state index is 11.6. The van der Waals surface area contributed by atoms with Crippen molar-refractivity contribution in [3.05, 3.63) is 30.2 Å². The summed E-state index contributed by atoms with van der Waals surface area (Å²) >= 11 is 0. The highest BCUT2D eigenvalue weighted by molar-refractivity contribution is 6.10. The van der Waals surface area contributed by atoms with E-state index in [1.54, 1.807) is 19.5 Å². The molecule has 4 rings (SSSR count). The smallest absolute Gasteiger partial charge is 0.220 e. The van der Waals surface area contributed by atoms with Crippen molar-refractivity contribution in [2.24, 2.45) is 16.6 Å². The lowest BCUT2D eigenvalue weighted by Crippen LogP contribution is -2.26. The van der Waals surface area contributed by atoms with Crippen molar-refractivity contribution in [2.75, 3.05) is 13.6 Å². The van der Waals surface area contributed by atoms with Crippen molar-refractivity contribution in [2.45, 2.75) is 38.3 Å². The number of allylic oxidation sites excluding steroid dienone is 1. The first-order valence-electron chi connectivity index (χ1n) is 9.39. The Morgan fingerprint density at radius 3 is 2.93 bits per heavy atom. The van der Waals surface area contributed by atoms with Gasteiger partial charge in [-0.25, -0.2) is 4.98 Å². The second-order valence-corrected chi connectivity index (χ2v) is 7.33. The predicted molar refractivity (Wildman–Crippen MR) is 106 cm³/mol. The summed E-state index contributed by atoms with van der Waals surface area (Å²) in [6, 6.07) is 4.52. The molecule has 1 aliphatic carbocycles. The first-order chi connectivity index (χ1) is 13.1. The SMILES string of the molecule is CN=CC(=CN)c1cc(O[C@H](C)[C@H]2CNC(=O)C2)c2c(c1)ncn2C1CC1.